The molecule has 0 spiro atoms. The molecule has 0 rings (SSSR count). The Bertz CT molecular complexity index is 309. The van der Waals surface area contributed by atoms with Gasteiger partial charge in [0.1, 0.15) is 0 Å². The monoisotopic (exact) mass is 300 g/mol. The molecule has 1 atom stereocenters. The number of halogens is 1. The Balaban J connectivity index is 4.04. The normalized spacial score (nSPS) is 14.7. The highest BCUT2D eigenvalue weighted by molar-refractivity contribution is 8.13. The Kier molecular flexibility index (Phi) is 8.43. The highest BCUT2D eigenvalue weighted by Gasteiger charge is 2.29. The van der Waals surface area contributed by atoms with E-state index in [0.29, 0.717) is 19.8 Å². The highest BCUT2D eigenvalue weighted by atomic mass is 35.7. The molecule has 0 heterocycles. The minimum Gasteiger partial charge on any atom is -0.379 e. The largest absolute Gasteiger partial charge is 0.379 e. The SMILES string of the molecule is CCCOCCOCC(CS(=O)(=O)Cl)C(C)(C)C. The first-order chi connectivity index (χ1) is 8.17. The summed E-state index contributed by atoms with van der Waals surface area (Å²) in [4.78, 5) is 0. The summed E-state index contributed by atoms with van der Waals surface area (Å²) in [5, 5.41) is 0. The van der Waals surface area contributed by atoms with E-state index in [1.165, 1.54) is 0 Å². The fraction of sp³-hybridized carbons (Fsp3) is 1.00. The van der Waals surface area contributed by atoms with Crippen LogP contribution in [-0.4, -0.2) is 40.6 Å². The zero-order valence-electron chi connectivity index (χ0n) is 11.7. The van der Waals surface area contributed by atoms with Crippen molar-refractivity contribution in [3.8, 4) is 0 Å². The number of rotatable bonds is 9. The molecule has 0 saturated carbocycles. The molecule has 4 nitrogen and oxygen atoms in total. The van der Waals surface area contributed by atoms with Crippen molar-refractivity contribution >= 4 is 19.7 Å². The van der Waals surface area contributed by atoms with Gasteiger partial charge in [0.25, 0.3) is 0 Å². The summed E-state index contributed by atoms with van der Waals surface area (Å²) < 4.78 is 33.0. The molecule has 0 saturated heterocycles. The third kappa shape index (κ3) is 10.1. The second kappa shape index (κ2) is 8.35. The van der Waals surface area contributed by atoms with E-state index in [-0.39, 0.29) is 17.1 Å². The van der Waals surface area contributed by atoms with Crippen LogP contribution in [0.2, 0.25) is 0 Å². The maximum atomic E-state index is 11.1. The van der Waals surface area contributed by atoms with Gasteiger partial charge in [-0.3, -0.25) is 0 Å². The van der Waals surface area contributed by atoms with Crippen molar-refractivity contribution in [3.05, 3.63) is 0 Å². The molecule has 0 aliphatic heterocycles. The molecule has 0 aliphatic rings. The van der Waals surface area contributed by atoms with Crippen LogP contribution in [0.4, 0.5) is 0 Å². The second-order valence-electron chi connectivity index (χ2n) is 5.46. The van der Waals surface area contributed by atoms with Gasteiger partial charge in [0, 0.05) is 23.2 Å². The topological polar surface area (TPSA) is 52.6 Å². The molecule has 0 fully saturated rings. The van der Waals surface area contributed by atoms with Crippen LogP contribution in [0.1, 0.15) is 34.1 Å². The molecule has 110 valence electrons. The molecule has 1 unspecified atom stereocenters. The first-order valence-corrected chi connectivity index (χ1v) is 8.72. The predicted octanol–water partition coefficient (Wildman–Crippen LogP) is 2.66. The summed E-state index contributed by atoms with van der Waals surface area (Å²) in [6.07, 6.45) is 0.981. The van der Waals surface area contributed by atoms with Crippen LogP contribution in [-0.2, 0) is 18.5 Å². The standard InChI is InChI=1S/C12H25ClO4S/c1-5-6-16-7-8-17-9-11(12(2,3)4)10-18(13,14)15/h11H,5-10H2,1-4H3. The van der Waals surface area contributed by atoms with Crippen LogP contribution >= 0.6 is 10.7 Å². The lowest BCUT2D eigenvalue weighted by Gasteiger charge is -2.29. The Hall–Kier alpha value is 0.160. The Morgan fingerprint density at radius 2 is 1.67 bits per heavy atom. The molecule has 0 N–H and O–H groups in total. The second-order valence-corrected chi connectivity index (χ2v) is 8.28. The van der Waals surface area contributed by atoms with Crippen LogP contribution in [0.15, 0.2) is 0 Å². The number of hydrogen-bond acceptors (Lipinski definition) is 4. The Morgan fingerprint density at radius 3 is 2.11 bits per heavy atom. The van der Waals surface area contributed by atoms with Crippen LogP contribution in [0.25, 0.3) is 0 Å². The number of hydrogen-bond donors (Lipinski definition) is 0. The molecule has 0 amide bonds. The third-order valence-electron chi connectivity index (χ3n) is 2.66. The summed E-state index contributed by atoms with van der Waals surface area (Å²) in [5.74, 6) is -0.181. The van der Waals surface area contributed by atoms with Gasteiger partial charge in [-0.2, -0.15) is 0 Å². The maximum Gasteiger partial charge on any atom is 0.232 e. The average molecular weight is 301 g/mol. The van der Waals surface area contributed by atoms with E-state index < -0.39 is 9.05 Å². The lowest BCUT2D eigenvalue weighted by molar-refractivity contribution is 0.0189. The van der Waals surface area contributed by atoms with Crippen molar-refractivity contribution in [1.82, 2.24) is 0 Å². The van der Waals surface area contributed by atoms with Crippen LogP contribution < -0.4 is 0 Å². The quantitative estimate of drug-likeness (QED) is 0.485. The van der Waals surface area contributed by atoms with E-state index in [4.69, 9.17) is 20.2 Å². The lowest BCUT2D eigenvalue weighted by Crippen LogP contribution is -2.31. The van der Waals surface area contributed by atoms with Gasteiger partial charge >= 0.3 is 0 Å². The maximum absolute atomic E-state index is 11.1. The van der Waals surface area contributed by atoms with Gasteiger partial charge in [-0.15, -0.1) is 0 Å². The first-order valence-electron chi connectivity index (χ1n) is 6.24. The zero-order chi connectivity index (χ0) is 14.2. The minimum atomic E-state index is -3.50. The van der Waals surface area contributed by atoms with Gasteiger partial charge in [0.2, 0.25) is 9.05 Å². The van der Waals surface area contributed by atoms with Gasteiger partial charge in [0.05, 0.1) is 25.6 Å². The van der Waals surface area contributed by atoms with Gasteiger partial charge < -0.3 is 9.47 Å². The van der Waals surface area contributed by atoms with E-state index in [9.17, 15) is 8.42 Å². The van der Waals surface area contributed by atoms with Crippen LogP contribution in [0.5, 0.6) is 0 Å². The van der Waals surface area contributed by atoms with Crippen molar-refractivity contribution < 1.29 is 17.9 Å². The van der Waals surface area contributed by atoms with E-state index in [0.717, 1.165) is 13.0 Å². The molecular weight excluding hydrogens is 276 g/mol. The third-order valence-corrected chi connectivity index (χ3v) is 3.84. The van der Waals surface area contributed by atoms with E-state index in [1.807, 2.05) is 27.7 Å². The molecular formula is C12H25ClO4S. The van der Waals surface area contributed by atoms with Crippen molar-refractivity contribution in [2.24, 2.45) is 11.3 Å². The minimum absolute atomic E-state index is 0.0616. The highest BCUT2D eigenvalue weighted by Crippen LogP contribution is 2.28. The fourth-order valence-electron chi connectivity index (χ4n) is 1.38. The van der Waals surface area contributed by atoms with Gasteiger partial charge in [-0.05, 0) is 11.8 Å². The molecule has 0 aromatic rings. The molecule has 0 aromatic heterocycles. The molecule has 0 aromatic carbocycles. The van der Waals surface area contributed by atoms with Crippen molar-refractivity contribution in [1.29, 1.82) is 0 Å². The van der Waals surface area contributed by atoms with Crippen LogP contribution in [0.3, 0.4) is 0 Å². The summed E-state index contributed by atoms with van der Waals surface area (Å²) >= 11 is 0. The fourth-order valence-corrected chi connectivity index (χ4v) is 2.91. The molecule has 0 bridgehead atoms. The molecule has 6 heteroatoms. The van der Waals surface area contributed by atoms with Gasteiger partial charge in [0.15, 0.2) is 0 Å². The predicted molar refractivity (Wildman–Crippen MR) is 74.5 cm³/mol. The Morgan fingerprint density at radius 1 is 1.11 bits per heavy atom. The van der Waals surface area contributed by atoms with E-state index in [1.54, 1.807) is 0 Å². The summed E-state index contributed by atoms with van der Waals surface area (Å²) in [6, 6.07) is 0. The lowest BCUT2D eigenvalue weighted by atomic mass is 9.82. The van der Waals surface area contributed by atoms with Crippen molar-refractivity contribution in [3.63, 3.8) is 0 Å². The van der Waals surface area contributed by atoms with Gasteiger partial charge in [-0.1, -0.05) is 27.7 Å². The van der Waals surface area contributed by atoms with E-state index >= 15 is 0 Å². The van der Waals surface area contributed by atoms with Gasteiger partial charge in [-0.25, -0.2) is 8.42 Å². The smallest absolute Gasteiger partial charge is 0.232 e. The molecule has 18 heavy (non-hydrogen) atoms. The van der Waals surface area contributed by atoms with E-state index in [2.05, 4.69) is 0 Å². The van der Waals surface area contributed by atoms with Crippen molar-refractivity contribution in [2.45, 2.75) is 34.1 Å². The zero-order valence-corrected chi connectivity index (χ0v) is 13.3. The van der Waals surface area contributed by atoms with Crippen LogP contribution in [0, 0.1) is 11.3 Å². The van der Waals surface area contributed by atoms with Crippen molar-refractivity contribution in [2.75, 3.05) is 32.2 Å². The molecule has 0 radical (unpaired) electrons. The summed E-state index contributed by atoms with van der Waals surface area (Å²) in [6.45, 7) is 10.1. The first kappa shape index (κ1) is 18.2. The molecule has 0 aliphatic carbocycles. The Labute approximate surface area is 115 Å². The number of ether oxygens (including phenoxy) is 2. The summed E-state index contributed by atoms with van der Waals surface area (Å²) in [5.41, 5.74) is -0.160. The average Bonchev–Trinajstić information content (AvgIpc) is 2.18. The summed E-state index contributed by atoms with van der Waals surface area (Å²) in [7, 11) is 1.81.